The summed E-state index contributed by atoms with van der Waals surface area (Å²) >= 11 is 0. The van der Waals surface area contributed by atoms with Crippen molar-refractivity contribution >= 4 is 17.6 Å². The Morgan fingerprint density at radius 1 is 1.58 bits per heavy atom. The molecule has 1 rings (SSSR count). The van der Waals surface area contributed by atoms with E-state index < -0.39 is 16.9 Å². The number of aromatic nitrogens is 2. The molecule has 1 aromatic heterocycles. The minimum atomic E-state index is -1.01. The Balaban J connectivity index is 2.88. The summed E-state index contributed by atoms with van der Waals surface area (Å²) in [5, 5.41) is 22.4. The van der Waals surface area contributed by atoms with E-state index in [0.717, 1.165) is 6.20 Å². The molecule has 0 spiro atoms. The van der Waals surface area contributed by atoms with Crippen LogP contribution in [0.2, 0.25) is 0 Å². The monoisotopic (exact) mass is 268 g/mol. The number of carboxylic acid groups (broad SMARTS) is 1. The van der Waals surface area contributed by atoms with Gasteiger partial charge in [-0.25, -0.2) is 14.8 Å². The Kier molecular flexibility index (Phi) is 4.74. The molecule has 0 aliphatic rings. The zero-order valence-corrected chi connectivity index (χ0v) is 11.0. The summed E-state index contributed by atoms with van der Waals surface area (Å²) < 4.78 is 0. The van der Waals surface area contributed by atoms with Gasteiger partial charge in [-0.2, -0.15) is 0 Å². The van der Waals surface area contributed by atoms with Crippen molar-refractivity contribution in [2.24, 2.45) is 5.92 Å². The van der Waals surface area contributed by atoms with Crippen molar-refractivity contribution in [1.82, 2.24) is 9.97 Å². The molecule has 19 heavy (non-hydrogen) atoms. The number of anilines is 1. The number of rotatable bonds is 6. The van der Waals surface area contributed by atoms with E-state index in [1.807, 2.05) is 13.8 Å². The highest BCUT2D eigenvalue weighted by molar-refractivity contribution is 5.76. The van der Waals surface area contributed by atoms with Gasteiger partial charge in [-0.15, -0.1) is 0 Å². The van der Waals surface area contributed by atoms with E-state index in [0.29, 0.717) is 6.42 Å². The van der Waals surface area contributed by atoms with Gasteiger partial charge in [-0.3, -0.25) is 10.1 Å². The molecule has 0 bridgehead atoms. The smallest absolute Gasteiger partial charge is 0.326 e. The zero-order chi connectivity index (χ0) is 14.6. The molecule has 2 N–H and O–H groups in total. The lowest BCUT2D eigenvalue weighted by molar-refractivity contribution is -0.386. The maximum Gasteiger partial charge on any atom is 0.326 e. The quantitative estimate of drug-likeness (QED) is 0.594. The summed E-state index contributed by atoms with van der Waals surface area (Å²) in [4.78, 5) is 28.8. The predicted molar refractivity (Wildman–Crippen MR) is 67.9 cm³/mol. The van der Waals surface area contributed by atoms with E-state index in [-0.39, 0.29) is 23.2 Å². The first-order valence-corrected chi connectivity index (χ1v) is 5.78. The van der Waals surface area contributed by atoms with Crippen LogP contribution in [-0.4, -0.2) is 32.0 Å². The molecule has 1 atom stereocenters. The number of nitro groups is 1. The summed E-state index contributed by atoms with van der Waals surface area (Å²) in [7, 11) is 0. The van der Waals surface area contributed by atoms with Gasteiger partial charge in [-0.05, 0) is 19.3 Å². The molecule has 0 aliphatic heterocycles. The van der Waals surface area contributed by atoms with Crippen molar-refractivity contribution in [2.45, 2.75) is 33.2 Å². The second kappa shape index (κ2) is 6.07. The van der Waals surface area contributed by atoms with Crippen molar-refractivity contribution in [1.29, 1.82) is 0 Å². The maximum absolute atomic E-state index is 11.1. The van der Waals surface area contributed by atoms with Crippen LogP contribution in [0, 0.1) is 23.0 Å². The fourth-order valence-corrected chi connectivity index (χ4v) is 1.56. The number of carbonyl (C=O) groups is 1. The first kappa shape index (κ1) is 14.8. The first-order valence-electron chi connectivity index (χ1n) is 5.78. The fraction of sp³-hybridized carbons (Fsp3) is 0.545. The van der Waals surface area contributed by atoms with Crippen LogP contribution < -0.4 is 5.32 Å². The van der Waals surface area contributed by atoms with Gasteiger partial charge in [0.2, 0.25) is 5.95 Å². The second-order valence-corrected chi connectivity index (χ2v) is 4.59. The Hall–Kier alpha value is -2.25. The van der Waals surface area contributed by atoms with E-state index >= 15 is 0 Å². The summed E-state index contributed by atoms with van der Waals surface area (Å²) in [6, 6.07) is -0.819. The predicted octanol–water partition coefficient (Wildman–Crippen LogP) is 1.60. The van der Waals surface area contributed by atoms with E-state index in [4.69, 9.17) is 5.11 Å². The van der Waals surface area contributed by atoms with E-state index in [1.165, 1.54) is 6.92 Å². The number of hydrogen-bond donors (Lipinski definition) is 2. The van der Waals surface area contributed by atoms with Crippen molar-refractivity contribution in [2.75, 3.05) is 5.32 Å². The van der Waals surface area contributed by atoms with Gasteiger partial charge in [0.25, 0.3) is 0 Å². The fourth-order valence-electron chi connectivity index (χ4n) is 1.56. The number of hydrogen-bond acceptors (Lipinski definition) is 6. The lowest BCUT2D eigenvalue weighted by atomic mass is 10.0. The van der Waals surface area contributed by atoms with Crippen molar-refractivity contribution in [3.8, 4) is 0 Å². The van der Waals surface area contributed by atoms with E-state index in [2.05, 4.69) is 15.3 Å². The molecule has 0 saturated carbocycles. The zero-order valence-electron chi connectivity index (χ0n) is 11.0. The van der Waals surface area contributed by atoms with Crippen molar-refractivity contribution in [3.63, 3.8) is 0 Å². The standard InChI is InChI=1S/C11H16N4O4/c1-6(2)4-8(10(16)17)14-11-12-5-9(15(18)19)7(3)13-11/h5-6,8H,4H2,1-3H3,(H,16,17)(H,12,13,14)/t8-/m1/s1. The molecule has 0 amide bonds. The summed E-state index contributed by atoms with van der Waals surface area (Å²) in [6.45, 7) is 5.28. The third-order valence-corrected chi connectivity index (χ3v) is 2.46. The number of aryl methyl sites for hydroxylation is 1. The average Bonchev–Trinajstić information content (AvgIpc) is 2.26. The molecular formula is C11H16N4O4. The Morgan fingerprint density at radius 3 is 2.63 bits per heavy atom. The molecule has 1 heterocycles. The summed E-state index contributed by atoms with van der Waals surface area (Å²) in [6.07, 6.45) is 1.48. The van der Waals surface area contributed by atoms with Crippen LogP contribution in [0.3, 0.4) is 0 Å². The molecule has 8 nitrogen and oxygen atoms in total. The van der Waals surface area contributed by atoms with Crippen LogP contribution >= 0.6 is 0 Å². The highest BCUT2D eigenvalue weighted by Gasteiger charge is 2.21. The Bertz CT molecular complexity index is 490. The molecule has 1 aromatic rings. The molecule has 0 saturated heterocycles. The normalized spacial score (nSPS) is 12.2. The Labute approximate surface area is 110 Å². The van der Waals surface area contributed by atoms with Gasteiger partial charge in [0.05, 0.1) is 4.92 Å². The molecule has 0 fully saturated rings. The van der Waals surface area contributed by atoms with Gasteiger partial charge >= 0.3 is 11.7 Å². The third kappa shape index (κ3) is 4.16. The molecule has 0 aliphatic carbocycles. The first-order chi connectivity index (χ1) is 8.81. The molecular weight excluding hydrogens is 252 g/mol. The summed E-state index contributed by atoms with van der Waals surface area (Å²) in [5.74, 6) is -0.739. The van der Waals surface area contributed by atoms with Gasteiger partial charge in [0.15, 0.2) is 0 Å². The SMILES string of the molecule is Cc1nc(N[C@H](CC(C)C)C(=O)O)ncc1[N+](=O)[O-]. The van der Waals surface area contributed by atoms with Gasteiger partial charge < -0.3 is 10.4 Å². The maximum atomic E-state index is 11.1. The van der Waals surface area contributed by atoms with Gasteiger partial charge in [0.1, 0.15) is 17.9 Å². The number of nitrogens with one attached hydrogen (secondary N) is 1. The van der Waals surface area contributed by atoms with Crippen LogP contribution in [0.4, 0.5) is 11.6 Å². The third-order valence-electron chi connectivity index (χ3n) is 2.46. The molecule has 8 heteroatoms. The largest absolute Gasteiger partial charge is 0.480 e. The van der Waals surface area contributed by atoms with Crippen LogP contribution in [0.1, 0.15) is 26.0 Å². The number of nitrogens with zero attached hydrogens (tertiary/aromatic N) is 3. The van der Waals surface area contributed by atoms with Crippen LogP contribution in [-0.2, 0) is 4.79 Å². The molecule has 104 valence electrons. The highest BCUT2D eigenvalue weighted by atomic mass is 16.6. The van der Waals surface area contributed by atoms with Crippen molar-refractivity contribution < 1.29 is 14.8 Å². The average molecular weight is 268 g/mol. The van der Waals surface area contributed by atoms with Gasteiger partial charge in [-0.1, -0.05) is 13.8 Å². The summed E-state index contributed by atoms with van der Waals surface area (Å²) in [5.41, 5.74) is -0.00234. The lowest BCUT2D eigenvalue weighted by Gasteiger charge is -2.16. The lowest BCUT2D eigenvalue weighted by Crippen LogP contribution is -2.31. The van der Waals surface area contributed by atoms with E-state index in [9.17, 15) is 14.9 Å². The van der Waals surface area contributed by atoms with Crippen LogP contribution in [0.15, 0.2) is 6.20 Å². The number of carboxylic acids is 1. The van der Waals surface area contributed by atoms with Crippen LogP contribution in [0.5, 0.6) is 0 Å². The molecule has 0 unspecified atom stereocenters. The second-order valence-electron chi connectivity index (χ2n) is 4.59. The van der Waals surface area contributed by atoms with E-state index in [1.54, 1.807) is 0 Å². The topological polar surface area (TPSA) is 118 Å². The van der Waals surface area contributed by atoms with Crippen LogP contribution in [0.25, 0.3) is 0 Å². The highest BCUT2D eigenvalue weighted by Crippen LogP contribution is 2.16. The molecule has 0 aromatic carbocycles. The number of aliphatic carboxylic acids is 1. The minimum absolute atomic E-state index is 0.0798. The van der Waals surface area contributed by atoms with Crippen molar-refractivity contribution in [3.05, 3.63) is 22.0 Å². The molecule has 0 radical (unpaired) electrons. The Morgan fingerprint density at radius 2 is 2.21 bits per heavy atom. The minimum Gasteiger partial charge on any atom is -0.480 e. The van der Waals surface area contributed by atoms with Gasteiger partial charge in [0, 0.05) is 0 Å².